The predicted octanol–water partition coefficient (Wildman–Crippen LogP) is 13.8. The van der Waals surface area contributed by atoms with E-state index in [0.29, 0.717) is 23.0 Å². The SMILES string of the molecule is CC1(C)c2cc(C#N)ccc2-c2ccc(-c3cc(-c4nc(-c5ccccc5)nc(-c5ccc(-c6ccccc6)cc5)n4)cc(-c4cccc5c4ccc4cccnc45)c3)cc21. The Morgan fingerprint density at radius 2 is 1.00 bits per heavy atom. The van der Waals surface area contributed by atoms with E-state index < -0.39 is 0 Å². The third-order valence-electron chi connectivity index (χ3n) is 12.2. The van der Waals surface area contributed by atoms with Gasteiger partial charge in [-0.15, -0.1) is 0 Å². The zero-order chi connectivity index (χ0) is 41.1. The largest absolute Gasteiger partial charge is 0.256 e. The summed E-state index contributed by atoms with van der Waals surface area (Å²) in [5.41, 5.74) is 15.4. The van der Waals surface area contributed by atoms with Gasteiger partial charge < -0.3 is 0 Å². The summed E-state index contributed by atoms with van der Waals surface area (Å²) in [4.78, 5) is 20.3. The van der Waals surface area contributed by atoms with Crippen LogP contribution in [-0.4, -0.2) is 19.9 Å². The van der Waals surface area contributed by atoms with E-state index in [9.17, 15) is 5.26 Å². The van der Waals surface area contributed by atoms with Crippen LogP contribution in [0.15, 0.2) is 188 Å². The molecule has 2 heterocycles. The zero-order valence-electron chi connectivity index (χ0n) is 33.6. The molecule has 11 rings (SSSR count). The molecular weight excluding hydrogens is 743 g/mol. The molecule has 0 aliphatic heterocycles. The van der Waals surface area contributed by atoms with Gasteiger partial charge in [0.2, 0.25) is 0 Å². The first-order chi connectivity index (χ1) is 29.9. The van der Waals surface area contributed by atoms with Crippen molar-refractivity contribution in [2.75, 3.05) is 0 Å². The first-order valence-electron chi connectivity index (χ1n) is 20.5. The quantitative estimate of drug-likeness (QED) is 0.157. The van der Waals surface area contributed by atoms with Gasteiger partial charge in [0.1, 0.15) is 0 Å². The van der Waals surface area contributed by atoms with E-state index in [1.165, 1.54) is 22.3 Å². The van der Waals surface area contributed by atoms with Gasteiger partial charge in [-0.3, -0.25) is 4.98 Å². The molecule has 1 aliphatic carbocycles. The molecule has 61 heavy (non-hydrogen) atoms. The number of pyridine rings is 1. The number of rotatable bonds is 6. The topological polar surface area (TPSA) is 75.3 Å². The average molecular weight is 780 g/mol. The smallest absolute Gasteiger partial charge is 0.164 e. The number of aromatic nitrogens is 4. The highest BCUT2D eigenvalue weighted by atomic mass is 15.0. The Labute approximate surface area is 354 Å². The number of nitrogens with zero attached hydrogens (tertiary/aromatic N) is 5. The normalized spacial score (nSPS) is 12.5. The first kappa shape index (κ1) is 36.0. The van der Waals surface area contributed by atoms with Gasteiger partial charge in [0.25, 0.3) is 0 Å². The minimum absolute atomic E-state index is 0.290. The Kier molecular flexibility index (Phi) is 8.47. The molecule has 0 saturated carbocycles. The van der Waals surface area contributed by atoms with Crippen LogP contribution in [0.5, 0.6) is 0 Å². The van der Waals surface area contributed by atoms with Crippen LogP contribution < -0.4 is 0 Å². The van der Waals surface area contributed by atoms with Crippen LogP contribution >= 0.6 is 0 Å². The number of nitriles is 1. The second-order valence-corrected chi connectivity index (χ2v) is 16.2. The minimum atomic E-state index is -0.290. The van der Waals surface area contributed by atoms with Crippen LogP contribution in [-0.2, 0) is 5.41 Å². The van der Waals surface area contributed by atoms with Crippen molar-refractivity contribution in [1.82, 2.24) is 19.9 Å². The average Bonchev–Trinajstić information content (AvgIpc) is 3.55. The summed E-state index contributed by atoms with van der Waals surface area (Å²) >= 11 is 0. The summed E-state index contributed by atoms with van der Waals surface area (Å²) in [6.45, 7) is 4.51. The lowest BCUT2D eigenvalue weighted by Crippen LogP contribution is -2.15. The number of hydrogen-bond donors (Lipinski definition) is 0. The van der Waals surface area contributed by atoms with Gasteiger partial charge in [0.15, 0.2) is 17.5 Å². The maximum atomic E-state index is 9.76. The van der Waals surface area contributed by atoms with E-state index in [1.54, 1.807) is 0 Å². The van der Waals surface area contributed by atoms with Gasteiger partial charge >= 0.3 is 0 Å². The second kappa shape index (κ2) is 14.3. The molecule has 286 valence electrons. The fourth-order valence-corrected chi connectivity index (χ4v) is 9.01. The fourth-order valence-electron chi connectivity index (χ4n) is 9.01. The summed E-state index contributed by atoms with van der Waals surface area (Å²) in [7, 11) is 0. The summed E-state index contributed by atoms with van der Waals surface area (Å²) in [6, 6.07) is 65.8. The molecule has 0 unspecified atom stereocenters. The van der Waals surface area contributed by atoms with Crippen molar-refractivity contribution >= 4 is 21.7 Å². The predicted molar refractivity (Wildman–Crippen MR) is 248 cm³/mol. The van der Waals surface area contributed by atoms with Crippen molar-refractivity contribution in [2.24, 2.45) is 0 Å². The second-order valence-electron chi connectivity index (χ2n) is 16.2. The Bertz CT molecular complexity index is 3380. The molecule has 8 aromatic carbocycles. The van der Waals surface area contributed by atoms with Crippen LogP contribution in [0.4, 0.5) is 0 Å². The van der Waals surface area contributed by atoms with Gasteiger partial charge in [-0.1, -0.05) is 153 Å². The maximum absolute atomic E-state index is 9.76. The molecule has 5 nitrogen and oxygen atoms in total. The van der Waals surface area contributed by atoms with Crippen molar-refractivity contribution < 1.29 is 0 Å². The number of fused-ring (bicyclic) bond motifs is 6. The lowest BCUT2D eigenvalue weighted by molar-refractivity contribution is 0.660. The first-order valence-corrected chi connectivity index (χ1v) is 20.5. The third kappa shape index (κ3) is 6.25. The zero-order valence-corrected chi connectivity index (χ0v) is 33.6. The Morgan fingerprint density at radius 3 is 1.74 bits per heavy atom. The number of hydrogen-bond acceptors (Lipinski definition) is 5. The van der Waals surface area contributed by atoms with Crippen LogP contribution in [0.1, 0.15) is 30.5 Å². The van der Waals surface area contributed by atoms with Crippen molar-refractivity contribution in [3.8, 4) is 84.7 Å². The van der Waals surface area contributed by atoms with E-state index in [2.05, 4.69) is 147 Å². The minimum Gasteiger partial charge on any atom is -0.256 e. The van der Waals surface area contributed by atoms with E-state index in [4.69, 9.17) is 19.9 Å². The van der Waals surface area contributed by atoms with E-state index in [1.807, 2.05) is 60.8 Å². The Morgan fingerprint density at radius 1 is 0.410 bits per heavy atom. The van der Waals surface area contributed by atoms with Crippen molar-refractivity contribution in [2.45, 2.75) is 19.3 Å². The van der Waals surface area contributed by atoms with Gasteiger partial charge in [-0.25, -0.2) is 15.0 Å². The maximum Gasteiger partial charge on any atom is 0.164 e. The molecule has 0 N–H and O–H groups in total. The lowest BCUT2D eigenvalue weighted by atomic mass is 9.81. The molecule has 10 aromatic rings. The lowest BCUT2D eigenvalue weighted by Gasteiger charge is -2.22. The van der Waals surface area contributed by atoms with Gasteiger partial charge in [0.05, 0.1) is 17.1 Å². The highest BCUT2D eigenvalue weighted by Crippen LogP contribution is 2.50. The molecule has 1 aliphatic rings. The van der Waals surface area contributed by atoms with Crippen molar-refractivity contribution in [1.29, 1.82) is 5.26 Å². The summed E-state index contributed by atoms with van der Waals surface area (Å²) in [5, 5.41) is 13.1. The molecule has 0 spiro atoms. The molecule has 0 atom stereocenters. The molecule has 0 radical (unpaired) electrons. The number of benzene rings is 8. The van der Waals surface area contributed by atoms with Crippen molar-refractivity contribution in [3.05, 3.63) is 205 Å². The van der Waals surface area contributed by atoms with Crippen LogP contribution in [0.25, 0.3) is 100 Å². The molecule has 0 bridgehead atoms. The molecule has 0 fully saturated rings. The molecule has 0 saturated heterocycles. The molecular formula is C56H37N5. The van der Waals surface area contributed by atoms with Gasteiger partial charge in [-0.05, 0) is 103 Å². The van der Waals surface area contributed by atoms with Crippen LogP contribution in [0.3, 0.4) is 0 Å². The van der Waals surface area contributed by atoms with E-state index in [-0.39, 0.29) is 5.41 Å². The monoisotopic (exact) mass is 779 g/mol. The molecule has 2 aromatic heterocycles. The Hall–Kier alpha value is -8.07. The van der Waals surface area contributed by atoms with Crippen LogP contribution in [0.2, 0.25) is 0 Å². The molecule has 5 heteroatoms. The van der Waals surface area contributed by atoms with Crippen molar-refractivity contribution in [3.63, 3.8) is 0 Å². The summed E-state index contributed by atoms with van der Waals surface area (Å²) in [6.07, 6.45) is 1.86. The van der Waals surface area contributed by atoms with Gasteiger partial charge in [0, 0.05) is 39.1 Å². The fraction of sp³-hybridized carbons (Fsp3) is 0.0536. The summed E-state index contributed by atoms with van der Waals surface area (Å²) < 4.78 is 0. The summed E-state index contributed by atoms with van der Waals surface area (Å²) in [5.74, 6) is 1.80. The highest BCUT2D eigenvalue weighted by molar-refractivity contribution is 6.10. The van der Waals surface area contributed by atoms with E-state index >= 15 is 0 Å². The Balaban J connectivity index is 1.12. The third-order valence-corrected chi connectivity index (χ3v) is 12.2. The van der Waals surface area contributed by atoms with Crippen LogP contribution in [0, 0.1) is 11.3 Å². The molecule has 0 amide bonds. The van der Waals surface area contributed by atoms with Gasteiger partial charge in [-0.2, -0.15) is 5.26 Å². The standard InChI is InChI=1S/C56H37N5/c1-56(2)50-29-35(34-57)18-25-47(50)48-27-24-41(33-51(48)56)42-30-43(45-16-9-17-49-46(45)26-23-38-15-10-28-58-52(38)49)32-44(31-42)55-60-53(39-13-7-4-8-14-39)59-54(61-55)40-21-19-37(20-22-40)36-11-5-3-6-12-36/h3-33H,1-2H3. The van der Waals surface area contributed by atoms with E-state index in [0.717, 1.165) is 71.7 Å². The highest BCUT2D eigenvalue weighted by Gasteiger charge is 2.36.